The molecule has 0 saturated carbocycles. The molecule has 1 aromatic rings. The lowest BCUT2D eigenvalue weighted by molar-refractivity contribution is 0.0595. The van der Waals surface area contributed by atoms with Gasteiger partial charge in [0.15, 0.2) is 0 Å². The maximum absolute atomic E-state index is 11.4. The molecule has 5 heteroatoms. The molecule has 2 rings (SSSR count). The van der Waals surface area contributed by atoms with E-state index < -0.39 is 0 Å². The number of aromatic nitrogens is 1. The van der Waals surface area contributed by atoms with Crippen molar-refractivity contribution in [2.45, 2.75) is 25.4 Å². The van der Waals surface area contributed by atoms with Crippen LogP contribution in [0.15, 0.2) is 12.3 Å². The van der Waals surface area contributed by atoms with Crippen LogP contribution in [0.4, 0.5) is 0 Å². The third kappa shape index (κ3) is 3.09. The highest BCUT2D eigenvalue weighted by molar-refractivity contribution is 7.98. The molecule has 1 fully saturated rings. The number of thioether (sulfide) groups is 1. The van der Waals surface area contributed by atoms with Crippen LogP contribution in [0.2, 0.25) is 0 Å². The number of nitrogens with one attached hydrogen (secondary N) is 1. The Kier molecular flexibility index (Phi) is 4.72. The van der Waals surface area contributed by atoms with Gasteiger partial charge in [-0.2, -0.15) is 11.8 Å². The lowest BCUT2D eigenvalue weighted by Gasteiger charge is -2.23. The van der Waals surface area contributed by atoms with E-state index in [0.717, 1.165) is 18.7 Å². The van der Waals surface area contributed by atoms with Crippen LogP contribution in [0.3, 0.4) is 0 Å². The third-order valence-corrected chi connectivity index (χ3v) is 4.11. The van der Waals surface area contributed by atoms with Gasteiger partial charge in [0.25, 0.3) is 0 Å². The Morgan fingerprint density at radius 2 is 2.50 bits per heavy atom. The van der Waals surface area contributed by atoms with Gasteiger partial charge in [-0.3, -0.25) is 4.90 Å². The molecule has 18 heavy (non-hydrogen) atoms. The van der Waals surface area contributed by atoms with Crippen LogP contribution in [-0.2, 0) is 11.3 Å². The summed E-state index contributed by atoms with van der Waals surface area (Å²) in [6.45, 7) is 2.07. The van der Waals surface area contributed by atoms with Crippen LogP contribution in [0.25, 0.3) is 0 Å². The number of nitrogens with zero attached hydrogens (tertiary/aromatic N) is 1. The average Bonchev–Trinajstić information content (AvgIpc) is 3.00. The van der Waals surface area contributed by atoms with Crippen molar-refractivity contribution in [3.8, 4) is 0 Å². The lowest BCUT2D eigenvalue weighted by atomic mass is 10.2. The van der Waals surface area contributed by atoms with E-state index >= 15 is 0 Å². The van der Waals surface area contributed by atoms with Gasteiger partial charge in [-0.1, -0.05) is 0 Å². The number of hydrogen-bond donors (Lipinski definition) is 1. The van der Waals surface area contributed by atoms with Crippen molar-refractivity contribution in [3.63, 3.8) is 0 Å². The summed E-state index contributed by atoms with van der Waals surface area (Å²) in [5, 5.41) is 0. The van der Waals surface area contributed by atoms with Crippen LogP contribution in [-0.4, -0.2) is 47.6 Å². The summed E-state index contributed by atoms with van der Waals surface area (Å²) in [4.78, 5) is 16.8. The molecule has 0 bridgehead atoms. The van der Waals surface area contributed by atoms with Crippen LogP contribution in [0.5, 0.6) is 0 Å². The highest BCUT2D eigenvalue weighted by Gasteiger charge is 2.24. The highest BCUT2D eigenvalue weighted by atomic mass is 32.2. The van der Waals surface area contributed by atoms with E-state index in [1.165, 1.54) is 25.7 Å². The number of methoxy groups -OCH3 is 1. The molecule has 1 aromatic heterocycles. The zero-order chi connectivity index (χ0) is 13.0. The SMILES string of the molecule is COC(=O)c1cc(CN2CCCC2CSC)c[nH]1. The number of rotatable bonds is 5. The predicted molar refractivity (Wildman–Crippen MR) is 73.9 cm³/mol. The minimum atomic E-state index is -0.302. The maximum atomic E-state index is 11.4. The first-order valence-corrected chi connectivity index (χ1v) is 7.62. The third-order valence-electron chi connectivity index (χ3n) is 3.39. The molecule has 100 valence electrons. The van der Waals surface area contributed by atoms with Crippen LogP contribution < -0.4 is 0 Å². The zero-order valence-electron chi connectivity index (χ0n) is 10.9. The van der Waals surface area contributed by atoms with E-state index in [0.29, 0.717) is 11.7 Å². The Labute approximate surface area is 112 Å². The summed E-state index contributed by atoms with van der Waals surface area (Å²) >= 11 is 1.90. The Hall–Kier alpha value is -0.940. The molecule has 0 aliphatic carbocycles. The quantitative estimate of drug-likeness (QED) is 0.831. The van der Waals surface area contributed by atoms with Gasteiger partial charge < -0.3 is 9.72 Å². The van der Waals surface area contributed by atoms with E-state index in [9.17, 15) is 4.79 Å². The van der Waals surface area contributed by atoms with E-state index in [-0.39, 0.29) is 5.97 Å². The van der Waals surface area contributed by atoms with Gasteiger partial charge in [0.1, 0.15) is 5.69 Å². The van der Waals surface area contributed by atoms with Crippen molar-refractivity contribution in [2.24, 2.45) is 0 Å². The molecule has 1 saturated heterocycles. The molecule has 0 aromatic carbocycles. The van der Waals surface area contributed by atoms with Crippen LogP contribution in [0.1, 0.15) is 28.9 Å². The summed E-state index contributed by atoms with van der Waals surface area (Å²) in [7, 11) is 1.40. The molecule has 1 atom stereocenters. The van der Waals surface area contributed by atoms with E-state index in [1.807, 2.05) is 24.0 Å². The van der Waals surface area contributed by atoms with Crippen molar-refractivity contribution in [2.75, 3.05) is 25.7 Å². The minimum Gasteiger partial charge on any atom is -0.464 e. The standard InChI is InChI=1S/C13H20N2O2S/c1-17-13(16)12-6-10(7-14-12)8-15-5-3-4-11(15)9-18-2/h6-7,11,14H,3-5,8-9H2,1-2H3. The van der Waals surface area contributed by atoms with Gasteiger partial charge in [-0.25, -0.2) is 4.79 Å². The number of H-pyrrole nitrogens is 1. The molecular weight excluding hydrogens is 248 g/mol. The van der Waals surface area contributed by atoms with Gasteiger partial charge in [0.05, 0.1) is 7.11 Å². The van der Waals surface area contributed by atoms with Crippen molar-refractivity contribution in [3.05, 3.63) is 23.5 Å². The smallest absolute Gasteiger partial charge is 0.354 e. The topological polar surface area (TPSA) is 45.3 Å². The summed E-state index contributed by atoms with van der Waals surface area (Å²) in [6, 6.07) is 2.57. The van der Waals surface area contributed by atoms with Gasteiger partial charge >= 0.3 is 5.97 Å². The Morgan fingerprint density at radius 1 is 1.67 bits per heavy atom. The van der Waals surface area contributed by atoms with Gasteiger partial charge in [0.2, 0.25) is 0 Å². The molecule has 1 N–H and O–H groups in total. The molecular formula is C13H20N2O2S. The normalized spacial score (nSPS) is 20.2. The fourth-order valence-electron chi connectivity index (χ4n) is 2.48. The van der Waals surface area contributed by atoms with Crippen LogP contribution in [0, 0.1) is 0 Å². The van der Waals surface area contributed by atoms with E-state index in [4.69, 9.17) is 4.74 Å². The molecule has 4 nitrogen and oxygen atoms in total. The first kappa shape index (κ1) is 13.5. The molecule has 1 aliphatic rings. The number of hydrogen-bond acceptors (Lipinski definition) is 4. The van der Waals surface area contributed by atoms with Crippen molar-refractivity contribution in [1.29, 1.82) is 0 Å². The summed E-state index contributed by atoms with van der Waals surface area (Å²) in [5.41, 5.74) is 1.69. The Bertz CT molecular complexity index is 405. The summed E-state index contributed by atoms with van der Waals surface area (Å²) in [5.74, 6) is 0.886. The predicted octanol–water partition coefficient (Wildman–Crippen LogP) is 2.13. The minimum absolute atomic E-state index is 0.302. The second-order valence-electron chi connectivity index (χ2n) is 4.64. The molecule has 0 spiro atoms. The first-order valence-electron chi connectivity index (χ1n) is 6.23. The first-order chi connectivity index (χ1) is 8.74. The monoisotopic (exact) mass is 268 g/mol. The van der Waals surface area contributed by atoms with Crippen molar-refractivity contribution in [1.82, 2.24) is 9.88 Å². The fraction of sp³-hybridized carbons (Fsp3) is 0.615. The van der Waals surface area contributed by atoms with Crippen molar-refractivity contribution >= 4 is 17.7 Å². The Balaban J connectivity index is 1.96. The second-order valence-corrected chi connectivity index (χ2v) is 5.55. The number of carbonyl (C=O) groups excluding carboxylic acids is 1. The van der Waals surface area contributed by atoms with Gasteiger partial charge in [-0.15, -0.1) is 0 Å². The number of likely N-dealkylation sites (tertiary alicyclic amines) is 1. The lowest BCUT2D eigenvalue weighted by Crippen LogP contribution is -2.30. The molecule has 2 heterocycles. The number of ether oxygens (including phenoxy) is 1. The van der Waals surface area contributed by atoms with E-state index in [2.05, 4.69) is 16.1 Å². The highest BCUT2D eigenvalue weighted by Crippen LogP contribution is 2.22. The fourth-order valence-corrected chi connectivity index (χ4v) is 3.24. The summed E-state index contributed by atoms with van der Waals surface area (Å²) < 4.78 is 4.69. The molecule has 1 unspecified atom stereocenters. The Morgan fingerprint density at radius 3 is 3.22 bits per heavy atom. The maximum Gasteiger partial charge on any atom is 0.354 e. The summed E-state index contributed by atoms with van der Waals surface area (Å²) in [6.07, 6.45) is 6.62. The largest absolute Gasteiger partial charge is 0.464 e. The van der Waals surface area contributed by atoms with E-state index in [1.54, 1.807) is 0 Å². The molecule has 0 amide bonds. The number of esters is 1. The number of aromatic amines is 1. The van der Waals surface area contributed by atoms with Crippen molar-refractivity contribution < 1.29 is 9.53 Å². The molecule has 1 aliphatic heterocycles. The zero-order valence-corrected chi connectivity index (χ0v) is 11.8. The van der Waals surface area contributed by atoms with Gasteiger partial charge in [-0.05, 0) is 37.3 Å². The number of carbonyl (C=O) groups is 1. The van der Waals surface area contributed by atoms with Gasteiger partial charge in [0, 0.05) is 24.5 Å². The molecule has 0 radical (unpaired) electrons. The second kappa shape index (κ2) is 6.29. The van der Waals surface area contributed by atoms with Crippen LogP contribution >= 0.6 is 11.8 Å². The average molecular weight is 268 g/mol.